The third kappa shape index (κ3) is 3.34. The Morgan fingerprint density at radius 3 is 2.62 bits per heavy atom. The van der Waals surface area contributed by atoms with Crippen LogP contribution in [0.4, 0.5) is 23.0 Å². The Labute approximate surface area is 216 Å². The van der Waals surface area contributed by atoms with Gasteiger partial charge in [0.1, 0.15) is 0 Å². The summed E-state index contributed by atoms with van der Waals surface area (Å²) in [4.78, 5) is 27.2. The van der Waals surface area contributed by atoms with Crippen LogP contribution in [0.1, 0.15) is 45.6 Å². The molecule has 0 radical (unpaired) electrons. The summed E-state index contributed by atoms with van der Waals surface area (Å²) in [5.74, 6) is 6.85. The van der Waals surface area contributed by atoms with Crippen molar-refractivity contribution in [2.24, 2.45) is 17.2 Å². The summed E-state index contributed by atoms with van der Waals surface area (Å²) < 4.78 is 0. The van der Waals surface area contributed by atoms with E-state index in [0.29, 0.717) is 46.3 Å². The van der Waals surface area contributed by atoms with Crippen LogP contribution in [0.2, 0.25) is 0 Å². The van der Waals surface area contributed by atoms with Crippen LogP contribution in [0.3, 0.4) is 0 Å². The second-order valence-electron chi connectivity index (χ2n) is 11.3. The average molecular weight is 497 g/mol. The van der Waals surface area contributed by atoms with Gasteiger partial charge in [0, 0.05) is 60.1 Å². The van der Waals surface area contributed by atoms with Gasteiger partial charge in [0.2, 0.25) is 5.95 Å². The molecule has 7 rings (SSSR count). The van der Waals surface area contributed by atoms with E-state index in [4.69, 9.17) is 16.6 Å². The van der Waals surface area contributed by atoms with Crippen molar-refractivity contribution in [2.45, 2.75) is 51.9 Å². The van der Waals surface area contributed by atoms with E-state index in [2.05, 4.69) is 52.7 Å². The molecule has 190 valence electrons. The molecule has 2 aromatic carbocycles. The summed E-state index contributed by atoms with van der Waals surface area (Å²) in [6, 6.07) is 12.6. The lowest BCUT2D eigenvalue weighted by atomic mass is 9.37. The molecule has 4 aliphatic rings. The minimum Gasteiger partial charge on any atom is -0.397 e. The molecular formula is C28H32N8O. The first-order valence-electron chi connectivity index (χ1n) is 13.0. The number of nitrogens with zero attached hydrogens (tertiary/aromatic N) is 4. The van der Waals surface area contributed by atoms with E-state index in [1.54, 1.807) is 18.2 Å². The average Bonchev–Trinajstić information content (AvgIpc) is 3.25. The number of nitrogens with two attached hydrogens (primary N) is 2. The van der Waals surface area contributed by atoms with Gasteiger partial charge in [0.15, 0.2) is 0 Å². The Balaban J connectivity index is 0.981. The van der Waals surface area contributed by atoms with Gasteiger partial charge < -0.3 is 21.4 Å². The van der Waals surface area contributed by atoms with Gasteiger partial charge in [0.05, 0.1) is 17.1 Å². The number of anilines is 4. The minimum atomic E-state index is 0.0699. The van der Waals surface area contributed by atoms with Gasteiger partial charge in [0.25, 0.3) is 5.91 Å². The Hall–Kier alpha value is -3.69. The fourth-order valence-corrected chi connectivity index (χ4v) is 7.27. The molecule has 3 fully saturated rings. The molecule has 0 bridgehead atoms. The highest BCUT2D eigenvalue weighted by molar-refractivity contribution is 5.97. The topological polar surface area (TPSA) is 125 Å². The van der Waals surface area contributed by atoms with Crippen molar-refractivity contribution in [3.63, 3.8) is 0 Å². The largest absolute Gasteiger partial charge is 0.397 e. The number of rotatable bonds is 5. The van der Waals surface area contributed by atoms with Gasteiger partial charge >= 0.3 is 0 Å². The predicted octanol–water partition coefficient (Wildman–Crippen LogP) is 3.32. The summed E-state index contributed by atoms with van der Waals surface area (Å²) in [6.07, 6.45) is 4.21. The summed E-state index contributed by atoms with van der Waals surface area (Å²) in [6.45, 7) is 6.81. The monoisotopic (exact) mass is 496 g/mol. The number of piperidine rings is 1. The number of carbonyl (C=O) groups is 1. The van der Waals surface area contributed by atoms with E-state index in [1.165, 1.54) is 16.7 Å². The lowest BCUT2D eigenvalue weighted by Crippen LogP contribution is -2.85. The molecule has 37 heavy (non-hydrogen) atoms. The second-order valence-corrected chi connectivity index (χ2v) is 11.3. The molecule has 2 aliphatic carbocycles. The zero-order valence-electron chi connectivity index (χ0n) is 21.2. The first-order chi connectivity index (χ1) is 17.8. The number of fused-ring (bicyclic) bond motifs is 1. The van der Waals surface area contributed by atoms with Crippen molar-refractivity contribution in [2.75, 3.05) is 23.0 Å². The fraction of sp³-hybridized carbons (Fsp3) is 0.393. The molecule has 6 N–H and O–H groups in total. The number of amides is 1. The van der Waals surface area contributed by atoms with Crippen molar-refractivity contribution >= 4 is 28.9 Å². The Kier molecular flexibility index (Phi) is 4.81. The van der Waals surface area contributed by atoms with Crippen LogP contribution >= 0.6 is 0 Å². The highest BCUT2D eigenvalue weighted by atomic mass is 16.2. The summed E-state index contributed by atoms with van der Waals surface area (Å²) in [5.41, 5.74) is 16.4. The van der Waals surface area contributed by atoms with Crippen molar-refractivity contribution in [1.29, 1.82) is 0 Å². The highest BCUT2D eigenvalue weighted by Gasteiger charge is 2.75. The smallest absolute Gasteiger partial charge is 0.254 e. The second kappa shape index (κ2) is 7.90. The molecule has 1 saturated heterocycles. The first-order valence-corrected chi connectivity index (χ1v) is 13.0. The lowest BCUT2D eigenvalue weighted by Gasteiger charge is -2.78. The van der Waals surface area contributed by atoms with Crippen LogP contribution in [0.15, 0.2) is 42.6 Å². The van der Waals surface area contributed by atoms with Gasteiger partial charge in [-0.25, -0.2) is 9.97 Å². The maximum atomic E-state index is 13.1. The number of hydrogen-bond donors (Lipinski definition) is 4. The van der Waals surface area contributed by atoms with Crippen molar-refractivity contribution in [3.05, 3.63) is 70.5 Å². The molecule has 1 amide bonds. The van der Waals surface area contributed by atoms with Gasteiger partial charge in [-0.1, -0.05) is 6.07 Å². The minimum absolute atomic E-state index is 0.0699. The number of benzene rings is 2. The van der Waals surface area contributed by atoms with Gasteiger partial charge in [-0.05, 0) is 74.1 Å². The summed E-state index contributed by atoms with van der Waals surface area (Å²) >= 11 is 0. The van der Waals surface area contributed by atoms with Crippen molar-refractivity contribution < 1.29 is 4.79 Å². The Morgan fingerprint density at radius 1 is 1.14 bits per heavy atom. The number of hydrogen-bond acceptors (Lipinski definition) is 8. The van der Waals surface area contributed by atoms with Crippen LogP contribution in [0, 0.1) is 25.2 Å². The number of likely N-dealkylation sites (tertiary alicyclic amines) is 1. The number of hydrazine groups is 1. The zero-order valence-corrected chi connectivity index (χ0v) is 21.2. The number of nitrogens with one attached hydrogen (secondary N) is 2. The SMILES string of the molecule is Cc1cc(C)cc(Nc2ncc3c(n2)CN(C2CC45CN(C(=O)c6ccc(NN)c(N)c6)C4CC25)C3)c1. The summed E-state index contributed by atoms with van der Waals surface area (Å²) in [7, 11) is 0. The van der Waals surface area contributed by atoms with Crippen LogP contribution < -0.4 is 22.3 Å². The fourth-order valence-electron chi connectivity index (χ4n) is 7.27. The van der Waals surface area contributed by atoms with Gasteiger partial charge in [-0.2, -0.15) is 0 Å². The normalized spacial score (nSPS) is 27.2. The molecule has 3 aromatic rings. The van der Waals surface area contributed by atoms with Crippen LogP contribution in [-0.2, 0) is 13.1 Å². The first kappa shape index (κ1) is 22.5. The molecule has 9 nitrogen and oxygen atoms in total. The van der Waals surface area contributed by atoms with Crippen LogP contribution in [0.25, 0.3) is 0 Å². The number of aromatic nitrogens is 2. The summed E-state index contributed by atoms with van der Waals surface area (Å²) in [5, 5.41) is 3.38. The molecule has 2 aliphatic heterocycles. The number of carbonyl (C=O) groups excluding carboxylic acids is 1. The van der Waals surface area contributed by atoms with E-state index in [9.17, 15) is 4.79 Å². The molecule has 4 atom stereocenters. The number of aryl methyl sites for hydroxylation is 2. The molecule has 3 heterocycles. The van der Waals surface area contributed by atoms with E-state index in [0.717, 1.165) is 43.9 Å². The molecule has 9 heteroatoms. The van der Waals surface area contributed by atoms with E-state index in [-0.39, 0.29) is 5.91 Å². The quantitative estimate of drug-likeness (QED) is 0.241. The van der Waals surface area contributed by atoms with E-state index < -0.39 is 0 Å². The molecule has 1 spiro atoms. The van der Waals surface area contributed by atoms with Gasteiger partial charge in [-0.3, -0.25) is 15.5 Å². The zero-order chi connectivity index (χ0) is 25.5. The highest BCUT2D eigenvalue weighted by Crippen LogP contribution is 2.70. The standard InChI is InChI=1S/C28H32N8O/c1-15-5-16(2)7-19(6-15)32-27-31-11-18-12-35(13-23(18)33-27)24-10-28-14-36(25(28)9-20(24)28)26(37)17-3-4-22(34-30)21(29)8-17/h3-8,11,20,24-25,34H,9-10,12-14,29-30H2,1-2H3,(H,31,32,33). The lowest BCUT2D eigenvalue weighted by molar-refractivity contribution is -0.272. The van der Waals surface area contributed by atoms with Crippen LogP contribution in [-0.4, -0.2) is 44.3 Å². The van der Waals surface area contributed by atoms with E-state index >= 15 is 0 Å². The maximum absolute atomic E-state index is 13.1. The number of nitrogen functional groups attached to an aromatic ring is 2. The molecule has 4 unspecified atom stereocenters. The van der Waals surface area contributed by atoms with Gasteiger partial charge in [-0.15, -0.1) is 0 Å². The van der Waals surface area contributed by atoms with Crippen molar-refractivity contribution in [1.82, 2.24) is 19.8 Å². The molecule has 2 saturated carbocycles. The third-order valence-electron chi connectivity index (χ3n) is 9.12. The molecule has 1 aromatic heterocycles. The predicted molar refractivity (Wildman–Crippen MR) is 143 cm³/mol. The maximum Gasteiger partial charge on any atom is 0.254 e. The van der Waals surface area contributed by atoms with Crippen molar-refractivity contribution in [3.8, 4) is 0 Å². The van der Waals surface area contributed by atoms with Crippen LogP contribution in [0.5, 0.6) is 0 Å². The Bertz CT molecular complexity index is 1420. The van der Waals surface area contributed by atoms with E-state index in [1.807, 2.05) is 11.1 Å². The third-order valence-corrected chi connectivity index (χ3v) is 9.12. The molecular weight excluding hydrogens is 464 g/mol. The Morgan fingerprint density at radius 2 is 1.95 bits per heavy atom.